The lowest BCUT2D eigenvalue weighted by molar-refractivity contribution is 0.971. The fourth-order valence-corrected chi connectivity index (χ4v) is 4.22. The normalized spacial score (nSPS) is 20.0. The Hall–Kier alpha value is -0.660. The lowest BCUT2D eigenvalue weighted by atomic mass is 10.4. The van der Waals surface area contributed by atoms with E-state index >= 15 is 0 Å². The highest BCUT2D eigenvalue weighted by molar-refractivity contribution is 8.06. The zero-order chi connectivity index (χ0) is 12.1. The van der Waals surface area contributed by atoms with Gasteiger partial charge in [-0.25, -0.2) is 15.8 Å². The van der Waals surface area contributed by atoms with Gasteiger partial charge in [0.2, 0.25) is 0 Å². The van der Waals surface area contributed by atoms with Gasteiger partial charge in [0.1, 0.15) is 17.5 Å². The molecule has 1 aliphatic heterocycles. The SMILES string of the molecule is Cc1nc(NN)cc(NCC2CSCCS2)n1. The Morgan fingerprint density at radius 2 is 2.24 bits per heavy atom. The number of nitrogens with zero attached hydrogens (tertiary/aromatic N) is 2. The third kappa shape index (κ3) is 3.93. The summed E-state index contributed by atoms with van der Waals surface area (Å²) in [7, 11) is 0. The number of nitrogens with two attached hydrogens (primary N) is 1. The Morgan fingerprint density at radius 3 is 2.94 bits per heavy atom. The number of aryl methyl sites for hydroxylation is 1. The first-order valence-electron chi connectivity index (χ1n) is 5.53. The first-order chi connectivity index (χ1) is 8.28. The van der Waals surface area contributed by atoms with Crippen molar-refractivity contribution in [2.24, 2.45) is 5.84 Å². The maximum absolute atomic E-state index is 5.35. The molecule has 0 aromatic carbocycles. The molecule has 1 aliphatic rings. The summed E-state index contributed by atoms with van der Waals surface area (Å²) >= 11 is 4.05. The molecule has 1 unspecified atom stereocenters. The third-order valence-corrected chi connectivity index (χ3v) is 5.23. The van der Waals surface area contributed by atoms with Crippen LogP contribution < -0.4 is 16.6 Å². The predicted molar refractivity (Wildman–Crippen MR) is 76.6 cm³/mol. The van der Waals surface area contributed by atoms with Gasteiger partial charge in [-0.3, -0.25) is 0 Å². The van der Waals surface area contributed by atoms with E-state index in [-0.39, 0.29) is 0 Å². The van der Waals surface area contributed by atoms with Crippen molar-refractivity contribution < 1.29 is 0 Å². The van der Waals surface area contributed by atoms with Gasteiger partial charge in [-0.2, -0.15) is 23.5 Å². The number of thioether (sulfide) groups is 2. The van der Waals surface area contributed by atoms with Crippen LogP contribution in [0.2, 0.25) is 0 Å². The van der Waals surface area contributed by atoms with Crippen LogP contribution in [-0.2, 0) is 0 Å². The number of aromatic nitrogens is 2. The summed E-state index contributed by atoms with van der Waals surface area (Å²) in [5.41, 5.74) is 2.55. The van der Waals surface area contributed by atoms with E-state index in [1.807, 2.05) is 36.5 Å². The highest BCUT2D eigenvalue weighted by Gasteiger charge is 2.14. The van der Waals surface area contributed by atoms with Gasteiger partial charge < -0.3 is 10.7 Å². The van der Waals surface area contributed by atoms with Gasteiger partial charge in [0.05, 0.1) is 0 Å². The second kappa shape index (κ2) is 6.32. The molecule has 1 atom stereocenters. The van der Waals surface area contributed by atoms with Gasteiger partial charge in [0.25, 0.3) is 0 Å². The molecule has 94 valence electrons. The molecule has 0 radical (unpaired) electrons. The van der Waals surface area contributed by atoms with Crippen LogP contribution in [-0.4, -0.2) is 39.0 Å². The Bertz CT molecular complexity index is 368. The minimum Gasteiger partial charge on any atom is -0.369 e. The van der Waals surface area contributed by atoms with E-state index < -0.39 is 0 Å². The molecule has 1 aromatic heterocycles. The van der Waals surface area contributed by atoms with E-state index in [1.165, 1.54) is 17.3 Å². The molecule has 7 heteroatoms. The van der Waals surface area contributed by atoms with Crippen LogP contribution in [0.1, 0.15) is 5.82 Å². The van der Waals surface area contributed by atoms with Crippen molar-refractivity contribution in [2.45, 2.75) is 12.2 Å². The molecule has 2 heterocycles. The lowest BCUT2D eigenvalue weighted by Crippen LogP contribution is -2.23. The van der Waals surface area contributed by atoms with Crippen molar-refractivity contribution in [1.29, 1.82) is 0 Å². The van der Waals surface area contributed by atoms with Gasteiger partial charge >= 0.3 is 0 Å². The fourth-order valence-electron chi connectivity index (χ4n) is 1.61. The van der Waals surface area contributed by atoms with E-state index in [0.717, 1.165) is 12.4 Å². The molecule has 0 saturated carbocycles. The second-order valence-corrected chi connectivity index (χ2v) is 6.34. The first kappa shape index (κ1) is 12.8. The number of hydrazine groups is 1. The van der Waals surface area contributed by atoms with E-state index in [9.17, 15) is 0 Å². The highest BCUT2D eigenvalue weighted by atomic mass is 32.2. The van der Waals surface area contributed by atoms with Gasteiger partial charge in [0, 0.05) is 35.1 Å². The van der Waals surface area contributed by atoms with Gasteiger partial charge in [-0.05, 0) is 6.92 Å². The van der Waals surface area contributed by atoms with Crippen LogP contribution in [0.4, 0.5) is 11.6 Å². The van der Waals surface area contributed by atoms with Crippen LogP contribution in [0.3, 0.4) is 0 Å². The summed E-state index contributed by atoms with van der Waals surface area (Å²) in [5.74, 6) is 11.3. The monoisotopic (exact) mass is 271 g/mol. The topological polar surface area (TPSA) is 75.9 Å². The summed E-state index contributed by atoms with van der Waals surface area (Å²) in [4.78, 5) is 8.48. The molecule has 5 nitrogen and oxygen atoms in total. The van der Waals surface area contributed by atoms with Crippen molar-refractivity contribution in [3.05, 3.63) is 11.9 Å². The average molecular weight is 271 g/mol. The number of rotatable bonds is 4. The average Bonchev–Trinajstić information content (AvgIpc) is 2.37. The quantitative estimate of drug-likeness (QED) is 0.563. The number of nitrogens with one attached hydrogen (secondary N) is 2. The van der Waals surface area contributed by atoms with Crippen molar-refractivity contribution in [3.63, 3.8) is 0 Å². The van der Waals surface area contributed by atoms with Gasteiger partial charge in [-0.1, -0.05) is 0 Å². The van der Waals surface area contributed by atoms with Crippen LogP contribution in [0.5, 0.6) is 0 Å². The van der Waals surface area contributed by atoms with E-state index in [2.05, 4.69) is 20.7 Å². The molecule has 1 aromatic rings. The van der Waals surface area contributed by atoms with Crippen molar-refractivity contribution in [3.8, 4) is 0 Å². The minimum atomic E-state index is 0.644. The maximum atomic E-state index is 5.35. The minimum absolute atomic E-state index is 0.644. The molecule has 2 rings (SSSR count). The zero-order valence-electron chi connectivity index (χ0n) is 9.77. The summed E-state index contributed by atoms with van der Waals surface area (Å²) in [6.07, 6.45) is 0. The van der Waals surface area contributed by atoms with Gasteiger partial charge in [-0.15, -0.1) is 0 Å². The highest BCUT2D eigenvalue weighted by Crippen LogP contribution is 2.24. The van der Waals surface area contributed by atoms with Crippen LogP contribution in [0.15, 0.2) is 6.07 Å². The summed E-state index contributed by atoms with van der Waals surface area (Å²) in [5, 5.41) is 4.01. The molecule has 1 fully saturated rings. The van der Waals surface area contributed by atoms with Gasteiger partial charge in [0.15, 0.2) is 0 Å². The van der Waals surface area contributed by atoms with Crippen LogP contribution in [0.25, 0.3) is 0 Å². The first-order valence-corrected chi connectivity index (χ1v) is 7.74. The number of anilines is 2. The number of nitrogen functional groups attached to an aromatic ring is 1. The molecule has 17 heavy (non-hydrogen) atoms. The Labute approximate surface area is 110 Å². The molecule has 4 N–H and O–H groups in total. The van der Waals surface area contributed by atoms with Crippen molar-refractivity contribution in [2.75, 3.05) is 34.5 Å². The van der Waals surface area contributed by atoms with E-state index in [1.54, 1.807) is 0 Å². The molecular formula is C10H17N5S2. The summed E-state index contributed by atoms with van der Waals surface area (Å²) in [6.45, 7) is 2.80. The second-order valence-electron chi connectivity index (χ2n) is 3.78. The maximum Gasteiger partial charge on any atom is 0.145 e. The summed E-state index contributed by atoms with van der Waals surface area (Å²) < 4.78 is 0. The number of hydrogen-bond donors (Lipinski definition) is 3. The Balaban J connectivity index is 1.91. The van der Waals surface area contributed by atoms with E-state index in [0.29, 0.717) is 16.9 Å². The molecule has 0 amide bonds. The standard InChI is InChI=1S/C10H17N5S2/c1-7-13-9(4-10(14-7)15-11)12-5-8-6-16-2-3-17-8/h4,8H,2-3,5-6,11H2,1H3,(H2,12,13,14,15). The smallest absolute Gasteiger partial charge is 0.145 e. The third-order valence-electron chi connectivity index (χ3n) is 2.38. The molecule has 0 aliphatic carbocycles. The number of hydrogen-bond acceptors (Lipinski definition) is 7. The molecule has 1 saturated heterocycles. The molecule has 0 bridgehead atoms. The Kier molecular flexibility index (Phi) is 4.75. The molecular weight excluding hydrogens is 254 g/mol. The fraction of sp³-hybridized carbons (Fsp3) is 0.600. The lowest BCUT2D eigenvalue weighted by Gasteiger charge is -2.21. The van der Waals surface area contributed by atoms with Crippen LogP contribution in [0, 0.1) is 6.92 Å². The summed E-state index contributed by atoms with van der Waals surface area (Å²) in [6, 6.07) is 1.83. The zero-order valence-corrected chi connectivity index (χ0v) is 11.4. The van der Waals surface area contributed by atoms with Crippen molar-refractivity contribution >= 4 is 35.2 Å². The van der Waals surface area contributed by atoms with Crippen molar-refractivity contribution in [1.82, 2.24) is 9.97 Å². The van der Waals surface area contributed by atoms with Crippen LogP contribution >= 0.6 is 23.5 Å². The van der Waals surface area contributed by atoms with E-state index in [4.69, 9.17) is 5.84 Å². The Morgan fingerprint density at radius 1 is 1.41 bits per heavy atom. The molecule has 0 spiro atoms. The largest absolute Gasteiger partial charge is 0.369 e. The predicted octanol–water partition coefficient (Wildman–Crippen LogP) is 1.33.